The van der Waals surface area contributed by atoms with Crippen molar-refractivity contribution in [3.05, 3.63) is 0 Å². The quantitative estimate of drug-likeness (QED) is 0.557. The molecule has 0 amide bonds. The van der Waals surface area contributed by atoms with Crippen LogP contribution in [0.5, 0.6) is 0 Å². The summed E-state index contributed by atoms with van der Waals surface area (Å²) in [5.74, 6) is 0. The zero-order chi connectivity index (χ0) is 6.41. The molecule has 8 heavy (non-hydrogen) atoms. The summed E-state index contributed by atoms with van der Waals surface area (Å²) >= 11 is 0. The Labute approximate surface area is 50.9 Å². The van der Waals surface area contributed by atoms with Gasteiger partial charge in [0.2, 0.25) is 0 Å². The van der Waals surface area contributed by atoms with Crippen molar-refractivity contribution in [3.63, 3.8) is 0 Å². The zero-order valence-corrected chi connectivity index (χ0v) is 5.65. The normalized spacial score (nSPS) is 13.9. The third-order valence-electron chi connectivity index (χ3n) is 1.29. The van der Waals surface area contributed by atoms with Crippen molar-refractivity contribution in [1.82, 2.24) is 5.32 Å². The molecule has 0 aliphatic carbocycles. The molecular formula is C6H15NO. The van der Waals surface area contributed by atoms with Crippen molar-refractivity contribution >= 4 is 0 Å². The molecule has 2 nitrogen and oxygen atoms in total. The fourth-order valence-corrected chi connectivity index (χ4v) is 0.542. The molecule has 0 aromatic rings. The summed E-state index contributed by atoms with van der Waals surface area (Å²) in [6.07, 6.45) is 1.97. The van der Waals surface area contributed by atoms with Gasteiger partial charge in [0.25, 0.3) is 0 Å². The molecule has 0 heterocycles. The molecule has 0 rings (SSSR count). The van der Waals surface area contributed by atoms with Gasteiger partial charge in [-0.15, -0.1) is 0 Å². The molecule has 0 aromatic heterocycles. The summed E-state index contributed by atoms with van der Waals surface area (Å²) in [6.45, 7) is 2.42. The first-order chi connectivity index (χ1) is 3.81. The molecule has 0 aromatic carbocycles. The van der Waals surface area contributed by atoms with Crippen LogP contribution in [-0.4, -0.2) is 24.8 Å². The predicted molar refractivity (Wildman–Crippen MR) is 34.8 cm³/mol. The first-order valence-corrected chi connectivity index (χ1v) is 3.09. The maximum atomic E-state index is 8.38. The highest BCUT2D eigenvalue weighted by molar-refractivity contribution is 4.54. The van der Waals surface area contributed by atoms with Crippen LogP contribution in [0.25, 0.3) is 0 Å². The van der Waals surface area contributed by atoms with Gasteiger partial charge in [-0.1, -0.05) is 0 Å². The number of aliphatic hydroxyl groups is 1. The van der Waals surface area contributed by atoms with E-state index >= 15 is 0 Å². The van der Waals surface area contributed by atoms with Gasteiger partial charge in [-0.05, 0) is 26.8 Å². The third kappa shape index (κ3) is 4.09. The van der Waals surface area contributed by atoms with E-state index in [9.17, 15) is 0 Å². The van der Waals surface area contributed by atoms with Crippen molar-refractivity contribution in [2.75, 3.05) is 13.7 Å². The van der Waals surface area contributed by atoms with E-state index in [0.29, 0.717) is 12.6 Å². The van der Waals surface area contributed by atoms with Gasteiger partial charge in [0.1, 0.15) is 0 Å². The molecule has 50 valence electrons. The first-order valence-electron chi connectivity index (χ1n) is 3.09. The Hall–Kier alpha value is -0.0800. The lowest BCUT2D eigenvalue weighted by Crippen LogP contribution is -2.20. The molecule has 2 N–H and O–H groups in total. The molecule has 2 heteroatoms. The average Bonchev–Trinajstić information content (AvgIpc) is 1.83. The van der Waals surface area contributed by atoms with Crippen LogP contribution in [0.2, 0.25) is 0 Å². The highest BCUT2D eigenvalue weighted by Crippen LogP contribution is 1.92. The Bertz CT molecular complexity index is 47.8. The zero-order valence-electron chi connectivity index (χ0n) is 5.65. The Balaban J connectivity index is 2.86. The van der Waals surface area contributed by atoms with Crippen molar-refractivity contribution in [3.8, 4) is 0 Å². The molecule has 1 unspecified atom stereocenters. The summed E-state index contributed by atoms with van der Waals surface area (Å²) < 4.78 is 0. The molecule has 0 saturated carbocycles. The molecule has 0 aliphatic rings. The maximum Gasteiger partial charge on any atom is 0.0431 e. The molecule has 0 aliphatic heterocycles. The Morgan fingerprint density at radius 1 is 1.62 bits per heavy atom. The minimum Gasteiger partial charge on any atom is -0.396 e. The van der Waals surface area contributed by atoms with Crippen LogP contribution in [0.4, 0.5) is 0 Å². The largest absolute Gasteiger partial charge is 0.396 e. The van der Waals surface area contributed by atoms with Crippen LogP contribution in [0, 0.1) is 0 Å². The Kier molecular flexibility index (Phi) is 5.01. The van der Waals surface area contributed by atoms with Crippen LogP contribution in [-0.2, 0) is 0 Å². The van der Waals surface area contributed by atoms with Crippen LogP contribution < -0.4 is 5.32 Å². The lowest BCUT2D eigenvalue weighted by molar-refractivity contribution is 0.278. The van der Waals surface area contributed by atoms with E-state index in [-0.39, 0.29) is 0 Å². The van der Waals surface area contributed by atoms with Gasteiger partial charge >= 0.3 is 0 Å². The number of rotatable bonds is 4. The maximum absolute atomic E-state index is 8.38. The second-order valence-electron chi connectivity index (χ2n) is 2.06. The van der Waals surface area contributed by atoms with Gasteiger partial charge in [-0.3, -0.25) is 0 Å². The predicted octanol–water partition coefficient (Wildman–Crippen LogP) is 0.367. The second kappa shape index (κ2) is 5.06. The van der Waals surface area contributed by atoms with E-state index < -0.39 is 0 Å². The lowest BCUT2D eigenvalue weighted by Gasteiger charge is -2.06. The molecule has 0 fully saturated rings. The highest BCUT2D eigenvalue weighted by atomic mass is 16.2. The van der Waals surface area contributed by atoms with Gasteiger partial charge in [-0.25, -0.2) is 0 Å². The van der Waals surface area contributed by atoms with Gasteiger partial charge in [0.15, 0.2) is 0 Å². The van der Waals surface area contributed by atoms with E-state index in [0.717, 1.165) is 12.8 Å². The summed E-state index contributed by atoms with van der Waals surface area (Å²) in [6, 6.07) is 0.544. The molecule has 1 atom stereocenters. The fourth-order valence-electron chi connectivity index (χ4n) is 0.542. The standard InChI is InChI=1S/C6H15NO/c1-6(7-2)4-3-5-8/h6-8H,3-5H2,1-2H3. The fraction of sp³-hybridized carbons (Fsp3) is 1.00. The van der Waals surface area contributed by atoms with Gasteiger partial charge in [0, 0.05) is 12.6 Å². The van der Waals surface area contributed by atoms with Gasteiger partial charge in [0.05, 0.1) is 0 Å². The molecule has 0 bridgehead atoms. The van der Waals surface area contributed by atoms with E-state index in [4.69, 9.17) is 5.11 Å². The molecule has 0 radical (unpaired) electrons. The van der Waals surface area contributed by atoms with Crippen molar-refractivity contribution in [2.24, 2.45) is 0 Å². The SMILES string of the molecule is CNC(C)CCCO. The molecule has 0 spiro atoms. The van der Waals surface area contributed by atoms with Crippen molar-refractivity contribution in [2.45, 2.75) is 25.8 Å². The van der Waals surface area contributed by atoms with Crippen molar-refractivity contribution in [1.29, 1.82) is 0 Å². The van der Waals surface area contributed by atoms with E-state index in [1.54, 1.807) is 0 Å². The van der Waals surface area contributed by atoms with Crippen LogP contribution in [0.1, 0.15) is 19.8 Å². The first kappa shape index (κ1) is 7.92. The van der Waals surface area contributed by atoms with Crippen LogP contribution >= 0.6 is 0 Å². The lowest BCUT2D eigenvalue weighted by atomic mass is 10.2. The minimum absolute atomic E-state index is 0.312. The van der Waals surface area contributed by atoms with Crippen LogP contribution in [0.3, 0.4) is 0 Å². The summed E-state index contributed by atoms with van der Waals surface area (Å²) in [5, 5.41) is 11.5. The third-order valence-corrected chi connectivity index (χ3v) is 1.29. The second-order valence-corrected chi connectivity index (χ2v) is 2.06. The minimum atomic E-state index is 0.312. The van der Waals surface area contributed by atoms with Gasteiger partial charge < -0.3 is 10.4 Å². The van der Waals surface area contributed by atoms with E-state index in [1.807, 2.05) is 7.05 Å². The van der Waals surface area contributed by atoms with Crippen molar-refractivity contribution < 1.29 is 5.11 Å². The number of nitrogens with one attached hydrogen (secondary N) is 1. The number of hydrogen-bond acceptors (Lipinski definition) is 2. The molecular weight excluding hydrogens is 102 g/mol. The van der Waals surface area contributed by atoms with Crippen LogP contribution in [0.15, 0.2) is 0 Å². The average molecular weight is 117 g/mol. The Morgan fingerprint density at radius 2 is 2.25 bits per heavy atom. The molecule has 0 saturated heterocycles. The topological polar surface area (TPSA) is 32.3 Å². The van der Waals surface area contributed by atoms with E-state index in [1.165, 1.54) is 0 Å². The number of hydrogen-bond donors (Lipinski definition) is 2. The van der Waals surface area contributed by atoms with Gasteiger partial charge in [-0.2, -0.15) is 0 Å². The summed E-state index contributed by atoms with van der Waals surface area (Å²) in [5.41, 5.74) is 0. The Morgan fingerprint density at radius 3 is 2.62 bits per heavy atom. The highest BCUT2D eigenvalue weighted by Gasteiger charge is 1.93. The number of aliphatic hydroxyl groups excluding tert-OH is 1. The smallest absolute Gasteiger partial charge is 0.0431 e. The summed E-state index contributed by atoms with van der Waals surface area (Å²) in [7, 11) is 1.93. The monoisotopic (exact) mass is 117 g/mol. The van der Waals surface area contributed by atoms with E-state index in [2.05, 4.69) is 12.2 Å². The summed E-state index contributed by atoms with van der Waals surface area (Å²) in [4.78, 5) is 0.